The van der Waals surface area contributed by atoms with Gasteiger partial charge in [-0.15, -0.1) is 0 Å². The molecule has 1 aromatic carbocycles. The standard InChI is InChI=1S/C21H27F2N3O5/c1-19(22,23)17(29)31-15-6-4-5-14(11-15)21(25(2)3)9-7-20(8-10-21)13-24-18(30)26(20)12-16(27)28/h4-6,11H,7-10,12-13H2,1-3H3,(H,24,30)(H,27,28). The Hall–Kier alpha value is -2.75. The van der Waals surface area contributed by atoms with E-state index in [-0.39, 0.29) is 18.3 Å². The lowest BCUT2D eigenvalue weighted by Crippen LogP contribution is -2.56. The van der Waals surface area contributed by atoms with Crippen molar-refractivity contribution in [2.45, 2.75) is 49.6 Å². The Balaban J connectivity index is 1.85. The van der Waals surface area contributed by atoms with Gasteiger partial charge < -0.3 is 20.1 Å². The average molecular weight is 439 g/mol. The molecule has 1 heterocycles. The highest BCUT2D eigenvalue weighted by Crippen LogP contribution is 2.48. The lowest BCUT2D eigenvalue weighted by atomic mass is 9.68. The molecule has 2 fully saturated rings. The van der Waals surface area contributed by atoms with E-state index in [1.807, 2.05) is 25.1 Å². The minimum absolute atomic E-state index is 0.0377. The number of carboxylic acids is 1. The molecule has 3 rings (SSSR count). The first-order valence-corrected chi connectivity index (χ1v) is 10.0. The van der Waals surface area contributed by atoms with Crippen molar-refractivity contribution < 1.29 is 33.0 Å². The second-order valence-electron chi connectivity index (χ2n) is 8.59. The summed E-state index contributed by atoms with van der Waals surface area (Å²) in [5, 5.41) is 12.0. The van der Waals surface area contributed by atoms with E-state index < -0.39 is 28.9 Å². The fourth-order valence-electron chi connectivity index (χ4n) is 4.64. The van der Waals surface area contributed by atoms with Crippen molar-refractivity contribution in [3.63, 3.8) is 0 Å². The van der Waals surface area contributed by atoms with Gasteiger partial charge in [-0.3, -0.25) is 9.69 Å². The lowest BCUT2D eigenvalue weighted by Gasteiger charge is -2.50. The number of alkyl halides is 2. The minimum Gasteiger partial charge on any atom is -0.480 e. The number of benzene rings is 1. The van der Waals surface area contributed by atoms with Crippen LogP contribution in [0.5, 0.6) is 5.75 Å². The van der Waals surface area contributed by atoms with Crippen LogP contribution in [0, 0.1) is 0 Å². The molecule has 1 saturated carbocycles. The van der Waals surface area contributed by atoms with Gasteiger partial charge in [0.15, 0.2) is 0 Å². The van der Waals surface area contributed by atoms with E-state index in [0.29, 0.717) is 39.2 Å². The van der Waals surface area contributed by atoms with Crippen LogP contribution in [-0.2, 0) is 15.1 Å². The predicted octanol–water partition coefficient (Wildman–Crippen LogP) is 2.43. The van der Waals surface area contributed by atoms with Gasteiger partial charge in [0.05, 0.1) is 5.54 Å². The van der Waals surface area contributed by atoms with E-state index in [0.717, 1.165) is 5.56 Å². The Bertz CT molecular complexity index is 876. The Morgan fingerprint density at radius 3 is 2.45 bits per heavy atom. The molecule has 31 heavy (non-hydrogen) atoms. The van der Waals surface area contributed by atoms with Gasteiger partial charge in [-0.25, -0.2) is 9.59 Å². The number of carbonyl (C=O) groups excluding carboxylic acids is 2. The number of nitrogens with one attached hydrogen (secondary N) is 1. The number of hydrogen-bond donors (Lipinski definition) is 2. The first-order valence-electron chi connectivity index (χ1n) is 10.0. The number of urea groups is 1. The van der Waals surface area contributed by atoms with E-state index in [1.54, 1.807) is 12.1 Å². The van der Waals surface area contributed by atoms with Crippen LogP contribution in [0.2, 0.25) is 0 Å². The van der Waals surface area contributed by atoms with Gasteiger partial charge in [0.2, 0.25) is 0 Å². The fourth-order valence-corrected chi connectivity index (χ4v) is 4.64. The third kappa shape index (κ3) is 4.34. The van der Waals surface area contributed by atoms with Crippen LogP contribution in [0.1, 0.15) is 38.2 Å². The predicted molar refractivity (Wildman–Crippen MR) is 107 cm³/mol. The second-order valence-corrected chi connectivity index (χ2v) is 8.59. The highest BCUT2D eigenvalue weighted by molar-refractivity contribution is 5.83. The van der Waals surface area contributed by atoms with Crippen molar-refractivity contribution in [3.05, 3.63) is 29.8 Å². The molecule has 1 saturated heterocycles. The van der Waals surface area contributed by atoms with Crippen LogP contribution in [0.15, 0.2) is 24.3 Å². The van der Waals surface area contributed by atoms with Crippen LogP contribution in [0.25, 0.3) is 0 Å². The molecule has 1 aliphatic heterocycles. The highest BCUT2D eigenvalue weighted by atomic mass is 19.3. The SMILES string of the molecule is CN(C)C1(c2cccc(OC(=O)C(C)(F)F)c2)CCC2(CC1)CNC(=O)N2CC(=O)O. The van der Waals surface area contributed by atoms with Crippen molar-refractivity contribution in [2.75, 3.05) is 27.2 Å². The van der Waals surface area contributed by atoms with Gasteiger partial charge in [-0.1, -0.05) is 12.1 Å². The van der Waals surface area contributed by atoms with Crippen molar-refractivity contribution in [1.29, 1.82) is 0 Å². The number of amides is 2. The zero-order valence-corrected chi connectivity index (χ0v) is 17.8. The van der Waals surface area contributed by atoms with Gasteiger partial charge in [0.25, 0.3) is 0 Å². The number of rotatable bonds is 6. The number of halogens is 2. The molecule has 10 heteroatoms. The summed E-state index contributed by atoms with van der Waals surface area (Å²) in [4.78, 5) is 38.5. The molecule has 0 unspecified atom stereocenters. The van der Waals surface area contributed by atoms with Crippen LogP contribution in [0.3, 0.4) is 0 Å². The number of carboxylic acid groups (broad SMARTS) is 1. The molecule has 2 amide bonds. The normalized spacial score (nSPS) is 26.3. The average Bonchev–Trinajstić information content (AvgIpc) is 2.97. The Kier molecular flexibility index (Phi) is 5.96. The molecule has 0 radical (unpaired) electrons. The number of ether oxygens (including phenoxy) is 1. The summed E-state index contributed by atoms with van der Waals surface area (Å²) in [5.74, 6) is -6.24. The molecular weight excluding hydrogens is 412 g/mol. The van der Waals surface area contributed by atoms with Crippen LogP contribution in [-0.4, -0.2) is 71.5 Å². The maximum absolute atomic E-state index is 13.2. The quantitative estimate of drug-likeness (QED) is 0.522. The summed E-state index contributed by atoms with van der Waals surface area (Å²) in [6, 6.07) is 6.17. The van der Waals surface area contributed by atoms with Gasteiger partial charge >= 0.3 is 23.9 Å². The van der Waals surface area contributed by atoms with Crippen molar-refractivity contribution >= 4 is 18.0 Å². The van der Waals surface area contributed by atoms with Crippen molar-refractivity contribution in [3.8, 4) is 5.75 Å². The maximum Gasteiger partial charge on any atom is 0.382 e. The zero-order valence-electron chi connectivity index (χ0n) is 17.8. The minimum atomic E-state index is -3.60. The first kappa shape index (κ1) is 22.9. The van der Waals surface area contributed by atoms with Crippen molar-refractivity contribution in [2.24, 2.45) is 0 Å². The van der Waals surface area contributed by atoms with Gasteiger partial charge in [0.1, 0.15) is 12.3 Å². The molecule has 0 aromatic heterocycles. The summed E-state index contributed by atoms with van der Waals surface area (Å²) in [5.41, 5.74) is -0.258. The monoisotopic (exact) mass is 439 g/mol. The summed E-state index contributed by atoms with van der Waals surface area (Å²) < 4.78 is 31.3. The van der Waals surface area contributed by atoms with Gasteiger partial charge in [0, 0.05) is 19.0 Å². The number of hydrogen-bond acceptors (Lipinski definition) is 5. The molecule has 1 spiro atoms. The third-order valence-corrected chi connectivity index (χ3v) is 6.48. The van der Waals surface area contributed by atoms with Gasteiger partial charge in [-0.2, -0.15) is 8.78 Å². The molecule has 2 aliphatic rings. The molecule has 1 aliphatic carbocycles. The summed E-state index contributed by atoms with van der Waals surface area (Å²) in [7, 11) is 3.81. The number of aliphatic carboxylic acids is 1. The Morgan fingerprint density at radius 2 is 1.90 bits per heavy atom. The van der Waals surface area contributed by atoms with E-state index >= 15 is 0 Å². The summed E-state index contributed by atoms with van der Waals surface area (Å²) in [6.07, 6.45) is 2.33. The van der Waals surface area contributed by atoms with Crippen LogP contribution in [0.4, 0.5) is 13.6 Å². The molecular formula is C21H27F2N3O5. The smallest absolute Gasteiger partial charge is 0.382 e. The highest BCUT2D eigenvalue weighted by Gasteiger charge is 2.52. The largest absolute Gasteiger partial charge is 0.480 e. The van der Waals surface area contributed by atoms with E-state index in [4.69, 9.17) is 4.74 Å². The topological polar surface area (TPSA) is 99.2 Å². The molecule has 1 aromatic rings. The molecule has 8 nitrogen and oxygen atoms in total. The summed E-state index contributed by atoms with van der Waals surface area (Å²) >= 11 is 0. The van der Waals surface area contributed by atoms with Crippen LogP contribution >= 0.6 is 0 Å². The lowest BCUT2D eigenvalue weighted by molar-refractivity contribution is -0.158. The number of nitrogens with zero attached hydrogens (tertiary/aromatic N) is 2. The first-order chi connectivity index (χ1) is 14.4. The second kappa shape index (κ2) is 8.07. The molecule has 170 valence electrons. The summed E-state index contributed by atoms with van der Waals surface area (Å²) in [6.45, 7) is 0.504. The third-order valence-electron chi connectivity index (χ3n) is 6.48. The fraction of sp³-hybridized carbons (Fsp3) is 0.571. The molecule has 0 bridgehead atoms. The number of carbonyl (C=O) groups is 3. The maximum atomic E-state index is 13.2. The molecule has 0 atom stereocenters. The van der Waals surface area contributed by atoms with Crippen molar-refractivity contribution in [1.82, 2.24) is 15.1 Å². The Labute approximate surface area is 179 Å². The zero-order chi connectivity index (χ0) is 23.0. The van der Waals surface area contributed by atoms with E-state index in [1.165, 1.54) is 11.0 Å². The van der Waals surface area contributed by atoms with E-state index in [9.17, 15) is 28.3 Å². The van der Waals surface area contributed by atoms with E-state index in [2.05, 4.69) is 5.32 Å². The Morgan fingerprint density at radius 1 is 1.26 bits per heavy atom. The number of esters is 1. The van der Waals surface area contributed by atoms with Crippen LogP contribution < -0.4 is 10.1 Å². The molecule has 2 N–H and O–H groups in total. The van der Waals surface area contributed by atoms with Gasteiger partial charge in [-0.05, 0) is 57.5 Å².